The Morgan fingerprint density at radius 1 is 0.400 bits per heavy atom. The van der Waals surface area contributed by atoms with Crippen LogP contribution in [0.1, 0.15) is 11.3 Å². The first-order valence-electron chi connectivity index (χ1n) is 13.6. The Bertz CT molecular complexity index is 1950. The van der Waals surface area contributed by atoms with Crippen LogP contribution >= 0.6 is 0 Å². The first-order chi connectivity index (χ1) is 19.7. The van der Waals surface area contributed by atoms with Gasteiger partial charge in [-0.25, -0.2) is 0 Å². The summed E-state index contributed by atoms with van der Waals surface area (Å²) in [5.41, 5.74) is 11.7. The van der Waals surface area contributed by atoms with E-state index in [1.165, 1.54) is 54.9 Å². The average molecular weight is 513 g/mol. The van der Waals surface area contributed by atoms with Gasteiger partial charge in [0.1, 0.15) is 0 Å². The standard InChI is InChI=1S/C38H28N2/c1-25-20-32(23-39-22-25)29-8-7-9-30(21-29)38-35-12-5-3-10-33(35)37(34-11-4-6-13-36(34)38)28-18-16-27(17-19-28)31-15-14-26(2)40-24-31/h3-24H,1-2H3. The van der Waals surface area contributed by atoms with Crippen LogP contribution in [0.2, 0.25) is 0 Å². The fourth-order valence-electron chi connectivity index (χ4n) is 5.79. The number of pyridine rings is 2. The summed E-state index contributed by atoms with van der Waals surface area (Å²) >= 11 is 0. The molecule has 2 heterocycles. The number of nitrogens with zero attached hydrogens (tertiary/aromatic N) is 2. The molecule has 0 radical (unpaired) electrons. The lowest BCUT2D eigenvalue weighted by molar-refractivity contribution is 1.20. The first kappa shape index (κ1) is 24.0. The molecule has 0 saturated heterocycles. The molecule has 0 aliphatic heterocycles. The maximum absolute atomic E-state index is 4.48. The van der Waals surface area contributed by atoms with Gasteiger partial charge in [0, 0.05) is 35.4 Å². The molecule has 7 rings (SSSR count). The zero-order chi connectivity index (χ0) is 27.1. The van der Waals surface area contributed by atoms with E-state index in [1.54, 1.807) is 0 Å². The lowest BCUT2D eigenvalue weighted by atomic mass is 9.85. The van der Waals surface area contributed by atoms with Crippen LogP contribution in [0.25, 0.3) is 66.1 Å². The predicted molar refractivity (Wildman–Crippen MR) is 168 cm³/mol. The molecule has 2 nitrogen and oxygen atoms in total. The summed E-state index contributed by atoms with van der Waals surface area (Å²) in [5, 5.41) is 5.01. The number of aryl methyl sites for hydroxylation is 2. The molecular weight excluding hydrogens is 484 g/mol. The van der Waals surface area contributed by atoms with E-state index in [1.807, 2.05) is 25.5 Å². The molecule has 0 spiro atoms. The monoisotopic (exact) mass is 512 g/mol. The Morgan fingerprint density at radius 3 is 1.57 bits per heavy atom. The van der Waals surface area contributed by atoms with Gasteiger partial charge in [-0.3, -0.25) is 9.97 Å². The van der Waals surface area contributed by atoms with Crippen LogP contribution in [0.3, 0.4) is 0 Å². The molecule has 7 aromatic rings. The Kier molecular flexibility index (Phi) is 5.94. The molecule has 0 aliphatic rings. The van der Waals surface area contributed by atoms with E-state index < -0.39 is 0 Å². The van der Waals surface area contributed by atoms with Crippen molar-refractivity contribution in [2.75, 3.05) is 0 Å². The van der Waals surface area contributed by atoms with E-state index in [-0.39, 0.29) is 0 Å². The Morgan fingerprint density at radius 2 is 0.975 bits per heavy atom. The zero-order valence-electron chi connectivity index (χ0n) is 22.6. The van der Waals surface area contributed by atoms with Gasteiger partial charge in [0.2, 0.25) is 0 Å². The molecule has 40 heavy (non-hydrogen) atoms. The second-order valence-corrected chi connectivity index (χ2v) is 10.4. The van der Waals surface area contributed by atoms with Crippen LogP contribution in [0.15, 0.2) is 134 Å². The first-order valence-corrected chi connectivity index (χ1v) is 13.6. The molecule has 0 aliphatic carbocycles. The van der Waals surface area contributed by atoms with Gasteiger partial charge >= 0.3 is 0 Å². The van der Waals surface area contributed by atoms with E-state index >= 15 is 0 Å². The summed E-state index contributed by atoms with van der Waals surface area (Å²) in [5.74, 6) is 0. The quantitative estimate of drug-likeness (QED) is 0.219. The third kappa shape index (κ3) is 4.24. The minimum absolute atomic E-state index is 1.03. The summed E-state index contributed by atoms with van der Waals surface area (Å²) in [6.45, 7) is 4.10. The van der Waals surface area contributed by atoms with E-state index in [9.17, 15) is 0 Å². The van der Waals surface area contributed by atoms with E-state index in [2.05, 4.69) is 132 Å². The summed E-state index contributed by atoms with van der Waals surface area (Å²) in [6.07, 6.45) is 5.80. The summed E-state index contributed by atoms with van der Waals surface area (Å²) in [4.78, 5) is 8.92. The highest BCUT2D eigenvalue weighted by Gasteiger charge is 2.17. The molecule has 0 bridgehead atoms. The van der Waals surface area contributed by atoms with Crippen molar-refractivity contribution >= 4 is 21.5 Å². The highest BCUT2D eigenvalue weighted by molar-refractivity contribution is 6.21. The van der Waals surface area contributed by atoms with Gasteiger partial charge in [-0.05, 0) is 92.5 Å². The van der Waals surface area contributed by atoms with Gasteiger partial charge in [0.15, 0.2) is 0 Å². The predicted octanol–water partition coefficient (Wildman–Crippen LogP) is 10.1. The molecule has 0 atom stereocenters. The third-order valence-corrected chi connectivity index (χ3v) is 7.71. The second-order valence-electron chi connectivity index (χ2n) is 10.4. The van der Waals surface area contributed by atoms with Gasteiger partial charge in [-0.1, -0.05) is 97.1 Å². The number of aromatic nitrogens is 2. The molecule has 2 heteroatoms. The maximum Gasteiger partial charge on any atom is 0.0373 e. The number of hydrogen-bond acceptors (Lipinski definition) is 2. The van der Waals surface area contributed by atoms with Crippen molar-refractivity contribution in [2.24, 2.45) is 0 Å². The summed E-state index contributed by atoms with van der Waals surface area (Å²) < 4.78 is 0. The molecule has 0 N–H and O–H groups in total. The summed E-state index contributed by atoms with van der Waals surface area (Å²) in [6, 6.07) is 41.8. The number of benzene rings is 5. The average Bonchev–Trinajstić information content (AvgIpc) is 3.00. The highest BCUT2D eigenvalue weighted by atomic mass is 14.7. The Hall–Kier alpha value is -5.08. The number of fused-ring (bicyclic) bond motifs is 2. The topological polar surface area (TPSA) is 25.8 Å². The van der Waals surface area contributed by atoms with Gasteiger partial charge in [-0.15, -0.1) is 0 Å². The fraction of sp³-hybridized carbons (Fsp3) is 0.0526. The van der Waals surface area contributed by atoms with Crippen LogP contribution < -0.4 is 0 Å². The van der Waals surface area contributed by atoms with Gasteiger partial charge in [0.25, 0.3) is 0 Å². The van der Waals surface area contributed by atoms with Gasteiger partial charge in [-0.2, -0.15) is 0 Å². The van der Waals surface area contributed by atoms with Crippen molar-refractivity contribution in [3.8, 4) is 44.5 Å². The van der Waals surface area contributed by atoms with Crippen LogP contribution in [-0.4, -0.2) is 9.97 Å². The van der Waals surface area contributed by atoms with Crippen molar-refractivity contribution in [1.29, 1.82) is 0 Å². The van der Waals surface area contributed by atoms with Crippen molar-refractivity contribution in [3.63, 3.8) is 0 Å². The van der Waals surface area contributed by atoms with E-state index in [4.69, 9.17) is 0 Å². The lowest BCUT2D eigenvalue weighted by Crippen LogP contribution is -1.91. The highest BCUT2D eigenvalue weighted by Crippen LogP contribution is 2.44. The smallest absolute Gasteiger partial charge is 0.0373 e. The van der Waals surface area contributed by atoms with Crippen LogP contribution in [0.5, 0.6) is 0 Å². The Labute approximate surface area is 234 Å². The van der Waals surface area contributed by atoms with E-state index in [0.717, 1.165) is 22.4 Å². The molecule has 2 aromatic heterocycles. The molecule has 0 fully saturated rings. The van der Waals surface area contributed by atoms with Gasteiger partial charge < -0.3 is 0 Å². The molecule has 5 aromatic carbocycles. The second kappa shape index (κ2) is 9.91. The zero-order valence-corrected chi connectivity index (χ0v) is 22.6. The Balaban J connectivity index is 1.44. The number of hydrogen-bond donors (Lipinski definition) is 0. The molecule has 0 amide bonds. The lowest BCUT2D eigenvalue weighted by Gasteiger charge is -2.18. The minimum atomic E-state index is 1.03. The van der Waals surface area contributed by atoms with E-state index in [0.29, 0.717) is 0 Å². The van der Waals surface area contributed by atoms with Crippen molar-refractivity contribution in [3.05, 3.63) is 145 Å². The van der Waals surface area contributed by atoms with Crippen LogP contribution in [-0.2, 0) is 0 Å². The third-order valence-electron chi connectivity index (χ3n) is 7.71. The maximum atomic E-state index is 4.48. The van der Waals surface area contributed by atoms with Crippen molar-refractivity contribution < 1.29 is 0 Å². The SMILES string of the molecule is Cc1cncc(-c2cccc(-c3c4ccccc4c(-c4ccc(-c5ccc(C)nc5)cc4)c4ccccc34)c2)c1. The van der Waals surface area contributed by atoms with Crippen molar-refractivity contribution in [1.82, 2.24) is 9.97 Å². The molecule has 0 saturated carbocycles. The number of rotatable bonds is 4. The molecule has 190 valence electrons. The van der Waals surface area contributed by atoms with Crippen LogP contribution in [0.4, 0.5) is 0 Å². The van der Waals surface area contributed by atoms with Gasteiger partial charge in [0.05, 0.1) is 0 Å². The van der Waals surface area contributed by atoms with Crippen molar-refractivity contribution in [2.45, 2.75) is 13.8 Å². The summed E-state index contributed by atoms with van der Waals surface area (Å²) in [7, 11) is 0. The molecule has 0 unspecified atom stereocenters. The fourth-order valence-corrected chi connectivity index (χ4v) is 5.79. The normalized spacial score (nSPS) is 11.2. The minimum Gasteiger partial charge on any atom is -0.264 e. The molecular formula is C38H28N2. The largest absolute Gasteiger partial charge is 0.264 e. The van der Waals surface area contributed by atoms with Crippen LogP contribution in [0, 0.1) is 13.8 Å².